The Morgan fingerprint density at radius 1 is 0.583 bits per heavy atom. The maximum atomic E-state index is 14.2. The van der Waals surface area contributed by atoms with Gasteiger partial charge in [-0.3, -0.25) is 4.79 Å². The minimum Gasteiger partial charge on any atom is -0.453 e. The average Bonchev–Trinajstić information content (AvgIpc) is 3.81. The zero-order chi connectivity index (χ0) is 41.7. The van der Waals surface area contributed by atoms with E-state index in [1.165, 1.54) is 17.2 Å². The highest BCUT2D eigenvalue weighted by Crippen LogP contribution is 2.59. The van der Waals surface area contributed by atoms with Crippen LogP contribution in [0.4, 0.5) is 33.4 Å². The first-order valence-corrected chi connectivity index (χ1v) is 23.1. The van der Waals surface area contributed by atoms with Gasteiger partial charge in [0.25, 0.3) is 0 Å². The van der Waals surface area contributed by atoms with Gasteiger partial charge in [0.2, 0.25) is 9.84 Å². The lowest BCUT2D eigenvalue weighted by Gasteiger charge is -2.32. The number of ether oxygens (including phenoxy) is 1. The van der Waals surface area contributed by atoms with Crippen molar-refractivity contribution in [3.05, 3.63) is 167 Å². The summed E-state index contributed by atoms with van der Waals surface area (Å²) in [4.78, 5) is 18.9. The first-order valence-electron chi connectivity index (χ1n) is 19.9. The molecule has 298 valence electrons. The van der Waals surface area contributed by atoms with Crippen molar-refractivity contribution in [1.82, 2.24) is 0 Å². The molecule has 6 aromatic carbocycles. The zero-order valence-electron chi connectivity index (χ0n) is 34.1. The fourth-order valence-electron chi connectivity index (χ4n) is 8.24. The van der Waals surface area contributed by atoms with E-state index < -0.39 is 9.84 Å². The lowest BCUT2D eigenvalue weighted by Crippen LogP contribution is -2.20. The first-order chi connectivity index (χ1) is 28.7. The molecule has 10 rings (SSSR count). The molecule has 2 aromatic heterocycles. The predicted octanol–water partition coefficient (Wildman–Crippen LogP) is 14.6. The molecule has 6 nitrogen and oxygen atoms in total. The highest BCUT2D eigenvalue weighted by molar-refractivity contribution is 7.91. The number of anilines is 6. The zero-order valence-corrected chi connectivity index (χ0v) is 36.6. The molecule has 4 heterocycles. The number of benzene rings is 6. The molecule has 0 fully saturated rings. The second-order valence-electron chi connectivity index (χ2n) is 17.4. The third-order valence-corrected chi connectivity index (χ3v) is 15.6. The topological polar surface area (TPSA) is 66.9 Å². The third-order valence-electron chi connectivity index (χ3n) is 11.4. The van der Waals surface area contributed by atoms with Crippen molar-refractivity contribution in [2.24, 2.45) is 0 Å². The highest BCUT2D eigenvalue weighted by Gasteiger charge is 2.36. The van der Waals surface area contributed by atoms with Crippen LogP contribution in [0.2, 0.25) is 0 Å². The number of thiophene rings is 2. The Kier molecular flexibility index (Phi) is 8.77. The Morgan fingerprint density at radius 3 is 1.70 bits per heavy atom. The van der Waals surface area contributed by atoms with Crippen LogP contribution in [0.1, 0.15) is 68.6 Å². The molecular formula is C51H42N2O4S3. The summed E-state index contributed by atoms with van der Waals surface area (Å²) in [5.41, 5.74) is 9.27. The molecule has 9 heteroatoms. The van der Waals surface area contributed by atoms with E-state index in [2.05, 4.69) is 117 Å². The van der Waals surface area contributed by atoms with E-state index in [-0.39, 0.29) is 37.5 Å². The SMILES string of the molecule is CC(C)(C)c1ccc(N(c2ccc(C(C)(C)C)cc2)c2sc3c(N4c5ccccc5Oc5ccccc54)csc3c2-c2ccc3c(c2)C(=O)c2ccccc2S3(=O)=O)cc1. The fourth-order valence-corrected chi connectivity index (χ4v) is 12.5. The van der Waals surface area contributed by atoms with Crippen LogP contribution in [0, 0.1) is 0 Å². The Balaban J connectivity index is 1.25. The van der Waals surface area contributed by atoms with Crippen molar-refractivity contribution in [2.75, 3.05) is 9.80 Å². The van der Waals surface area contributed by atoms with E-state index in [1.54, 1.807) is 53.0 Å². The summed E-state index contributed by atoms with van der Waals surface area (Å²) in [6.07, 6.45) is 0. The van der Waals surface area contributed by atoms with E-state index in [9.17, 15) is 13.2 Å². The molecule has 0 bridgehead atoms. The molecule has 0 spiro atoms. The summed E-state index contributed by atoms with van der Waals surface area (Å²) in [6.45, 7) is 13.3. The summed E-state index contributed by atoms with van der Waals surface area (Å²) in [5.74, 6) is 1.23. The molecule has 0 saturated carbocycles. The van der Waals surface area contributed by atoms with Gasteiger partial charge < -0.3 is 14.5 Å². The van der Waals surface area contributed by atoms with Crippen molar-refractivity contribution in [3.8, 4) is 22.6 Å². The van der Waals surface area contributed by atoms with Gasteiger partial charge in [-0.25, -0.2) is 8.42 Å². The molecule has 0 N–H and O–H groups in total. The molecular weight excluding hydrogens is 801 g/mol. The smallest absolute Gasteiger partial charge is 0.208 e. The van der Waals surface area contributed by atoms with Crippen LogP contribution in [-0.2, 0) is 20.7 Å². The average molecular weight is 843 g/mol. The second kappa shape index (κ2) is 13.8. The van der Waals surface area contributed by atoms with Gasteiger partial charge in [0.05, 0.1) is 36.3 Å². The third kappa shape index (κ3) is 6.09. The number of fused-ring (bicyclic) bond motifs is 5. The summed E-state index contributed by atoms with van der Waals surface area (Å²) in [7, 11) is -3.92. The van der Waals surface area contributed by atoms with Gasteiger partial charge in [0, 0.05) is 33.4 Å². The van der Waals surface area contributed by atoms with Crippen molar-refractivity contribution in [2.45, 2.75) is 62.2 Å². The lowest BCUT2D eigenvalue weighted by atomic mass is 9.86. The van der Waals surface area contributed by atoms with Gasteiger partial charge in [0.1, 0.15) is 5.00 Å². The Hall–Kier alpha value is -6.00. The number of sulfone groups is 1. The Bertz CT molecular complexity index is 3030. The number of nitrogens with zero attached hydrogens (tertiary/aromatic N) is 2. The van der Waals surface area contributed by atoms with Crippen LogP contribution >= 0.6 is 22.7 Å². The van der Waals surface area contributed by atoms with E-state index in [0.29, 0.717) is 0 Å². The molecule has 0 unspecified atom stereocenters. The minimum atomic E-state index is -3.92. The second-order valence-corrected chi connectivity index (χ2v) is 21.2. The summed E-state index contributed by atoms with van der Waals surface area (Å²) < 4.78 is 36.5. The predicted molar refractivity (Wildman–Crippen MR) is 247 cm³/mol. The number of hydrogen-bond acceptors (Lipinski definition) is 8. The van der Waals surface area contributed by atoms with Gasteiger partial charge in [-0.1, -0.05) is 108 Å². The molecule has 60 heavy (non-hydrogen) atoms. The van der Waals surface area contributed by atoms with E-state index in [4.69, 9.17) is 4.74 Å². The van der Waals surface area contributed by atoms with Gasteiger partial charge in [-0.2, -0.15) is 0 Å². The number of ketones is 1. The number of rotatable bonds is 5. The normalized spacial score (nSPS) is 14.2. The number of carbonyl (C=O) groups is 1. The van der Waals surface area contributed by atoms with Crippen LogP contribution in [0.3, 0.4) is 0 Å². The molecule has 0 atom stereocenters. The molecule has 0 radical (unpaired) electrons. The molecule has 0 amide bonds. The summed E-state index contributed by atoms with van der Waals surface area (Å²) >= 11 is 3.33. The maximum Gasteiger partial charge on any atom is 0.208 e. The maximum absolute atomic E-state index is 14.2. The summed E-state index contributed by atoms with van der Waals surface area (Å²) in [6, 6.07) is 45.5. The monoisotopic (exact) mass is 842 g/mol. The van der Waals surface area contributed by atoms with Crippen LogP contribution in [0.5, 0.6) is 11.5 Å². The Morgan fingerprint density at radius 2 is 1.12 bits per heavy atom. The molecule has 8 aromatic rings. The van der Waals surface area contributed by atoms with Gasteiger partial charge >= 0.3 is 0 Å². The van der Waals surface area contributed by atoms with Crippen molar-refractivity contribution in [1.29, 1.82) is 0 Å². The molecule has 0 saturated heterocycles. The van der Waals surface area contributed by atoms with Crippen LogP contribution in [0.15, 0.2) is 155 Å². The lowest BCUT2D eigenvalue weighted by molar-refractivity contribution is 0.103. The van der Waals surface area contributed by atoms with Gasteiger partial charge in [-0.15, -0.1) is 22.7 Å². The van der Waals surface area contributed by atoms with Crippen molar-refractivity contribution >= 4 is 81.1 Å². The molecule has 0 aliphatic carbocycles. The number of para-hydroxylation sites is 4. The van der Waals surface area contributed by atoms with Crippen molar-refractivity contribution in [3.63, 3.8) is 0 Å². The summed E-state index contributed by atoms with van der Waals surface area (Å²) in [5, 5.41) is 3.14. The molecule has 2 aliphatic rings. The van der Waals surface area contributed by atoms with Crippen molar-refractivity contribution < 1.29 is 17.9 Å². The quantitative estimate of drug-likeness (QED) is 0.172. The highest BCUT2D eigenvalue weighted by atomic mass is 32.2. The van der Waals surface area contributed by atoms with E-state index in [1.807, 2.05) is 42.5 Å². The number of carbonyl (C=O) groups excluding carboxylic acids is 1. The largest absolute Gasteiger partial charge is 0.453 e. The first kappa shape index (κ1) is 38.2. The van der Waals surface area contributed by atoms with Crippen LogP contribution in [-0.4, -0.2) is 14.2 Å². The Labute approximate surface area is 358 Å². The van der Waals surface area contributed by atoms with Gasteiger partial charge in [0.15, 0.2) is 17.3 Å². The van der Waals surface area contributed by atoms with Gasteiger partial charge in [-0.05, 0) is 100 Å². The van der Waals surface area contributed by atoms with E-state index in [0.717, 1.165) is 65.5 Å². The van der Waals surface area contributed by atoms with E-state index >= 15 is 0 Å². The van der Waals surface area contributed by atoms with Crippen LogP contribution < -0.4 is 14.5 Å². The standard InChI is InChI=1S/C51H42N2O4S3/c1-50(2,3)32-20-24-34(25-21-32)52(35-26-22-33(23-27-35)51(4,5)6)49-45(31-19-28-44-37(29-31)46(54)36-13-7-12-18-43(36)60(44,55)56)48-47(59-49)40(30-58-48)53-38-14-8-10-16-41(38)57-42-17-11-9-15-39(42)53/h7-30H,1-6H3. The van der Waals surface area contributed by atoms with Crippen LogP contribution in [0.25, 0.3) is 20.5 Å². The fraction of sp³-hybridized carbons (Fsp3) is 0.157. The number of hydrogen-bond donors (Lipinski definition) is 0. The molecule has 2 aliphatic heterocycles. The minimum absolute atomic E-state index is 0.0313.